The summed E-state index contributed by atoms with van der Waals surface area (Å²) in [4.78, 5) is 3.96. The normalized spacial score (nSPS) is 12.3. The molecule has 1 rings (SSSR count). The zero-order valence-corrected chi connectivity index (χ0v) is 13.1. The number of nitrogens with zero attached hydrogens (tertiary/aromatic N) is 1. The van der Waals surface area contributed by atoms with Crippen LogP contribution < -0.4 is 5.32 Å². The van der Waals surface area contributed by atoms with Crippen molar-refractivity contribution in [1.29, 1.82) is 0 Å². The number of hydrogen-bond acceptors (Lipinski definition) is 3. The minimum atomic E-state index is 0.439. The SMILES string of the molecule is CCN(CCNCCC(C)(C)C)Cc1cccs1. The van der Waals surface area contributed by atoms with Crippen LogP contribution >= 0.6 is 11.3 Å². The van der Waals surface area contributed by atoms with Crippen molar-refractivity contribution in [2.75, 3.05) is 26.2 Å². The Kier molecular flexibility index (Phi) is 6.90. The molecule has 1 N–H and O–H groups in total. The highest BCUT2D eigenvalue weighted by Gasteiger charge is 2.09. The standard InChI is InChI=1S/C15H28N2S/c1-5-17(13-14-7-6-12-18-14)11-10-16-9-8-15(2,3)4/h6-7,12,16H,5,8-11,13H2,1-4H3. The van der Waals surface area contributed by atoms with E-state index in [0.29, 0.717) is 5.41 Å². The van der Waals surface area contributed by atoms with Crippen LogP contribution in [0.4, 0.5) is 0 Å². The van der Waals surface area contributed by atoms with Crippen molar-refractivity contribution in [3.05, 3.63) is 22.4 Å². The van der Waals surface area contributed by atoms with E-state index in [2.05, 4.69) is 55.4 Å². The van der Waals surface area contributed by atoms with Crippen molar-refractivity contribution < 1.29 is 0 Å². The molecule has 0 radical (unpaired) electrons. The first kappa shape index (κ1) is 15.7. The molecule has 0 atom stereocenters. The fraction of sp³-hybridized carbons (Fsp3) is 0.733. The van der Waals surface area contributed by atoms with E-state index in [4.69, 9.17) is 0 Å². The zero-order chi connectivity index (χ0) is 13.4. The maximum Gasteiger partial charge on any atom is 0.0328 e. The molecule has 18 heavy (non-hydrogen) atoms. The van der Waals surface area contributed by atoms with Gasteiger partial charge in [-0.2, -0.15) is 0 Å². The van der Waals surface area contributed by atoms with Gasteiger partial charge in [0.1, 0.15) is 0 Å². The van der Waals surface area contributed by atoms with Crippen LogP contribution in [0.3, 0.4) is 0 Å². The van der Waals surface area contributed by atoms with Crippen molar-refractivity contribution in [3.63, 3.8) is 0 Å². The summed E-state index contributed by atoms with van der Waals surface area (Å²) in [5.41, 5.74) is 0.439. The van der Waals surface area contributed by atoms with Crippen LogP contribution in [0.25, 0.3) is 0 Å². The maximum absolute atomic E-state index is 3.55. The minimum absolute atomic E-state index is 0.439. The molecule has 104 valence electrons. The van der Waals surface area contributed by atoms with E-state index >= 15 is 0 Å². The molecule has 3 heteroatoms. The first-order chi connectivity index (χ1) is 8.51. The van der Waals surface area contributed by atoms with Gasteiger partial charge in [0, 0.05) is 24.5 Å². The van der Waals surface area contributed by atoms with E-state index in [0.717, 1.165) is 32.7 Å². The van der Waals surface area contributed by atoms with E-state index in [1.54, 1.807) is 0 Å². The van der Waals surface area contributed by atoms with E-state index in [1.165, 1.54) is 11.3 Å². The Balaban J connectivity index is 2.12. The van der Waals surface area contributed by atoms with Gasteiger partial charge in [0.25, 0.3) is 0 Å². The first-order valence-corrected chi connectivity index (χ1v) is 7.84. The van der Waals surface area contributed by atoms with Crippen molar-refractivity contribution in [2.24, 2.45) is 5.41 Å². The Hall–Kier alpha value is -0.380. The second-order valence-electron chi connectivity index (χ2n) is 6.01. The van der Waals surface area contributed by atoms with E-state index < -0.39 is 0 Å². The van der Waals surface area contributed by atoms with Crippen LogP contribution in [0.2, 0.25) is 0 Å². The molecule has 1 aromatic rings. The van der Waals surface area contributed by atoms with Crippen molar-refractivity contribution in [2.45, 2.75) is 40.7 Å². The van der Waals surface area contributed by atoms with Gasteiger partial charge in [-0.25, -0.2) is 0 Å². The highest BCUT2D eigenvalue weighted by atomic mass is 32.1. The molecule has 0 aromatic carbocycles. The van der Waals surface area contributed by atoms with Gasteiger partial charge in [-0.3, -0.25) is 4.90 Å². The van der Waals surface area contributed by atoms with Crippen LogP contribution in [0, 0.1) is 5.41 Å². The molecule has 1 heterocycles. The molecule has 0 saturated carbocycles. The van der Waals surface area contributed by atoms with Crippen LogP contribution in [-0.2, 0) is 6.54 Å². The molecule has 0 aliphatic heterocycles. The van der Waals surface area contributed by atoms with Gasteiger partial charge >= 0.3 is 0 Å². The number of nitrogens with one attached hydrogen (secondary N) is 1. The van der Waals surface area contributed by atoms with E-state index in [1.807, 2.05) is 11.3 Å². The van der Waals surface area contributed by atoms with Gasteiger partial charge < -0.3 is 5.32 Å². The topological polar surface area (TPSA) is 15.3 Å². The van der Waals surface area contributed by atoms with Crippen LogP contribution in [0.1, 0.15) is 39.0 Å². The molecule has 0 bridgehead atoms. The summed E-state index contributed by atoms with van der Waals surface area (Å²) in [6.07, 6.45) is 1.24. The lowest BCUT2D eigenvalue weighted by Crippen LogP contribution is -2.32. The Morgan fingerprint density at radius 3 is 2.61 bits per heavy atom. The summed E-state index contributed by atoms with van der Waals surface area (Å²) in [5, 5.41) is 5.71. The molecule has 0 fully saturated rings. The quantitative estimate of drug-likeness (QED) is 0.725. The minimum Gasteiger partial charge on any atom is -0.315 e. The van der Waals surface area contributed by atoms with Gasteiger partial charge in [-0.15, -0.1) is 11.3 Å². The second-order valence-corrected chi connectivity index (χ2v) is 7.04. The molecule has 0 spiro atoms. The van der Waals surface area contributed by atoms with Gasteiger partial charge in [-0.1, -0.05) is 33.8 Å². The highest BCUT2D eigenvalue weighted by molar-refractivity contribution is 7.09. The predicted molar refractivity (Wildman–Crippen MR) is 82.2 cm³/mol. The largest absolute Gasteiger partial charge is 0.315 e. The third-order valence-corrected chi connectivity index (χ3v) is 3.92. The van der Waals surface area contributed by atoms with Gasteiger partial charge in [0.15, 0.2) is 0 Å². The number of rotatable bonds is 8. The lowest BCUT2D eigenvalue weighted by atomic mass is 9.92. The molecule has 0 aliphatic rings. The van der Waals surface area contributed by atoms with Crippen molar-refractivity contribution in [3.8, 4) is 0 Å². The monoisotopic (exact) mass is 268 g/mol. The summed E-state index contributed by atoms with van der Waals surface area (Å²) in [6.45, 7) is 14.7. The Bertz CT molecular complexity index is 301. The molecule has 0 aliphatic carbocycles. The van der Waals surface area contributed by atoms with E-state index in [-0.39, 0.29) is 0 Å². The summed E-state index contributed by atoms with van der Waals surface area (Å²) in [5.74, 6) is 0. The lowest BCUT2D eigenvalue weighted by molar-refractivity contribution is 0.277. The maximum atomic E-state index is 3.55. The third kappa shape index (κ3) is 7.14. The van der Waals surface area contributed by atoms with Gasteiger partial charge in [0.2, 0.25) is 0 Å². The van der Waals surface area contributed by atoms with Crippen LogP contribution in [0.15, 0.2) is 17.5 Å². The molecular formula is C15H28N2S. The van der Waals surface area contributed by atoms with Crippen molar-refractivity contribution in [1.82, 2.24) is 10.2 Å². The average Bonchev–Trinajstić information content (AvgIpc) is 2.78. The van der Waals surface area contributed by atoms with Crippen LogP contribution in [-0.4, -0.2) is 31.1 Å². The summed E-state index contributed by atoms with van der Waals surface area (Å²) in [7, 11) is 0. The Morgan fingerprint density at radius 2 is 2.06 bits per heavy atom. The van der Waals surface area contributed by atoms with Crippen molar-refractivity contribution >= 4 is 11.3 Å². The highest BCUT2D eigenvalue weighted by Crippen LogP contribution is 2.16. The molecule has 1 aromatic heterocycles. The zero-order valence-electron chi connectivity index (χ0n) is 12.3. The lowest BCUT2D eigenvalue weighted by Gasteiger charge is -2.21. The smallest absolute Gasteiger partial charge is 0.0328 e. The summed E-state index contributed by atoms with van der Waals surface area (Å²) < 4.78 is 0. The molecule has 2 nitrogen and oxygen atoms in total. The van der Waals surface area contributed by atoms with Gasteiger partial charge in [0.05, 0.1) is 0 Å². The number of likely N-dealkylation sites (N-methyl/N-ethyl adjacent to an activating group) is 1. The molecular weight excluding hydrogens is 240 g/mol. The average molecular weight is 268 g/mol. The predicted octanol–water partition coefficient (Wildman–Crippen LogP) is 3.60. The van der Waals surface area contributed by atoms with E-state index in [9.17, 15) is 0 Å². The Labute approximate surface area is 116 Å². The fourth-order valence-electron chi connectivity index (χ4n) is 1.80. The molecule has 0 saturated heterocycles. The third-order valence-electron chi connectivity index (χ3n) is 3.06. The first-order valence-electron chi connectivity index (χ1n) is 6.97. The molecule has 0 amide bonds. The van der Waals surface area contributed by atoms with Crippen LogP contribution in [0.5, 0.6) is 0 Å². The summed E-state index contributed by atoms with van der Waals surface area (Å²) in [6, 6.07) is 4.36. The summed E-state index contributed by atoms with van der Waals surface area (Å²) >= 11 is 1.85. The van der Waals surface area contributed by atoms with Gasteiger partial charge in [-0.05, 0) is 36.4 Å². The number of hydrogen-bond donors (Lipinski definition) is 1. The Morgan fingerprint density at radius 1 is 1.28 bits per heavy atom. The fourth-order valence-corrected chi connectivity index (χ4v) is 2.54. The molecule has 0 unspecified atom stereocenters. The number of thiophene rings is 1. The second kappa shape index (κ2) is 7.93.